The molecule has 0 aliphatic heterocycles. The third-order valence-electron chi connectivity index (χ3n) is 2.97. The second kappa shape index (κ2) is 7.04. The van der Waals surface area contributed by atoms with E-state index in [4.69, 9.17) is 5.11 Å². The minimum atomic E-state index is -0.958. The summed E-state index contributed by atoms with van der Waals surface area (Å²) in [5.74, 6) is -1.03. The largest absolute Gasteiger partial charge is 0.478 e. The first-order chi connectivity index (χ1) is 10.0. The molecule has 0 saturated carbocycles. The Balaban J connectivity index is 1.86. The molecular weight excluding hydrogens is 334 g/mol. The molecule has 0 spiro atoms. The van der Waals surface area contributed by atoms with Crippen molar-refractivity contribution < 1.29 is 14.7 Å². The number of aromatic carboxylic acids is 1. The van der Waals surface area contributed by atoms with Gasteiger partial charge in [-0.1, -0.05) is 40.2 Å². The van der Waals surface area contributed by atoms with E-state index in [0.29, 0.717) is 13.0 Å². The quantitative estimate of drug-likeness (QED) is 0.873. The van der Waals surface area contributed by atoms with Crippen LogP contribution in [0.3, 0.4) is 0 Å². The standard InChI is InChI=1S/C16H14BrNO3/c17-14-7-3-11(4-8-14)9-15(19)18-10-12-1-5-13(6-2-12)16(20)21/h1-8H,9-10H2,(H,18,19)(H,20,21). The van der Waals surface area contributed by atoms with Gasteiger partial charge >= 0.3 is 5.97 Å². The van der Waals surface area contributed by atoms with E-state index in [1.807, 2.05) is 24.3 Å². The monoisotopic (exact) mass is 347 g/mol. The number of carboxylic acids is 1. The molecule has 2 rings (SSSR count). The van der Waals surface area contributed by atoms with Gasteiger partial charge in [-0.05, 0) is 35.4 Å². The molecule has 2 aromatic carbocycles. The number of carboxylic acid groups (broad SMARTS) is 1. The number of rotatable bonds is 5. The fourth-order valence-electron chi connectivity index (χ4n) is 1.82. The molecule has 4 nitrogen and oxygen atoms in total. The summed E-state index contributed by atoms with van der Waals surface area (Å²) in [7, 11) is 0. The second-order valence-electron chi connectivity index (χ2n) is 4.58. The molecule has 0 bridgehead atoms. The summed E-state index contributed by atoms with van der Waals surface area (Å²) in [5.41, 5.74) is 2.04. The van der Waals surface area contributed by atoms with Gasteiger partial charge < -0.3 is 10.4 Å². The van der Waals surface area contributed by atoms with Crippen molar-refractivity contribution in [2.75, 3.05) is 0 Å². The number of halogens is 1. The fourth-order valence-corrected chi connectivity index (χ4v) is 2.08. The minimum absolute atomic E-state index is 0.0698. The van der Waals surface area contributed by atoms with Gasteiger partial charge in [0.25, 0.3) is 0 Å². The number of carbonyl (C=O) groups excluding carboxylic acids is 1. The lowest BCUT2D eigenvalue weighted by Crippen LogP contribution is -2.24. The zero-order valence-electron chi connectivity index (χ0n) is 11.2. The lowest BCUT2D eigenvalue weighted by atomic mass is 10.1. The molecule has 108 valence electrons. The molecule has 5 heteroatoms. The summed E-state index contributed by atoms with van der Waals surface area (Å²) in [4.78, 5) is 22.6. The molecule has 0 saturated heterocycles. The molecule has 0 fully saturated rings. The average molecular weight is 348 g/mol. The first-order valence-electron chi connectivity index (χ1n) is 6.38. The molecule has 1 amide bonds. The van der Waals surface area contributed by atoms with E-state index in [0.717, 1.165) is 15.6 Å². The van der Waals surface area contributed by atoms with E-state index in [9.17, 15) is 9.59 Å². The van der Waals surface area contributed by atoms with Crippen LogP contribution in [0, 0.1) is 0 Å². The van der Waals surface area contributed by atoms with Crippen LogP contribution in [-0.2, 0) is 17.8 Å². The zero-order valence-corrected chi connectivity index (χ0v) is 12.8. The first kappa shape index (κ1) is 15.3. The Morgan fingerprint density at radius 3 is 2.10 bits per heavy atom. The highest BCUT2D eigenvalue weighted by Gasteiger charge is 2.05. The van der Waals surface area contributed by atoms with E-state index in [2.05, 4.69) is 21.2 Å². The van der Waals surface area contributed by atoms with Gasteiger partial charge in [0.1, 0.15) is 0 Å². The van der Waals surface area contributed by atoms with Crippen molar-refractivity contribution in [2.45, 2.75) is 13.0 Å². The Morgan fingerprint density at radius 2 is 1.52 bits per heavy atom. The Morgan fingerprint density at radius 1 is 0.952 bits per heavy atom. The third kappa shape index (κ3) is 4.72. The first-order valence-corrected chi connectivity index (χ1v) is 7.17. The Labute approximate surface area is 130 Å². The summed E-state index contributed by atoms with van der Waals surface area (Å²) < 4.78 is 0.977. The van der Waals surface area contributed by atoms with Crippen molar-refractivity contribution in [3.8, 4) is 0 Å². The molecule has 0 heterocycles. The van der Waals surface area contributed by atoms with Crippen LogP contribution in [0.1, 0.15) is 21.5 Å². The molecule has 0 atom stereocenters. The van der Waals surface area contributed by atoms with Crippen molar-refractivity contribution in [2.24, 2.45) is 0 Å². The van der Waals surface area contributed by atoms with Crippen molar-refractivity contribution in [1.29, 1.82) is 0 Å². The average Bonchev–Trinajstić information content (AvgIpc) is 2.48. The molecule has 0 unspecified atom stereocenters. The number of carbonyl (C=O) groups is 2. The second-order valence-corrected chi connectivity index (χ2v) is 5.50. The van der Waals surface area contributed by atoms with Gasteiger partial charge in [0, 0.05) is 11.0 Å². The van der Waals surface area contributed by atoms with Gasteiger partial charge in [-0.15, -0.1) is 0 Å². The van der Waals surface area contributed by atoms with E-state index in [1.54, 1.807) is 12.1 Å². The number of amides is 1. The maximum Gasteiger partial charge on any atom is 0.335 e. The van der Waals surface area contributed by atoms with Crippen LogP contribution in [0.4, 0.5) is 0 Å². The van der Waals surface area contributed by atoms with Gasteiger partial charge in [0.15, 0.2) is 0 Å². The predicted molar refractivity (Wildman–Crippen MR) is 83.1 cm³/mol. The smallest absolute Gasteiger partial charge is 0.335 e. The topological polar surface area (TPSA) is 66.4 Å². The van der Waals surface area contributed by atoms with Crippen LogP contribution in [0.15, 0.2) is 53.0 Å². The van der Waals surface area contributed by atoms with Crippen LogP contribution in [-0.4, -0.2) is 17.0 Å². The predicted octanol–water partition coefficient (Wildman–Crippen LogP) is 3.01. The highest BCUT2D eigenvalue weighted by molar-refractivity contribution is 9.10. The van der Waals surface area contributed by atoms with E-state index in [1.165, 1.54) is 12.1 Å². The van der Waals surface area contributed by atoms with Gasteiger partial charge in [0.05, 0.1) is 12.0 Å². The molecule has 2 aromatic rings. The maximum absolute atomic E-state index is 11.8. The van der Waals surface area contributed by atoms with Gasteiger partial charge in [-0.2, -0.15) is 0 Å². The van der Waals surface area contributed by atoms with Gasteiger partial charge in [0.2, 0.25) is 5.91 Å². The van der Waals surface area contributed by atoms with Crippen LogP contribution < -0.4 is 5.32 Å². The normalized spacial score (nSPS) is 10.1. The summed E-state index contributed by atoms with van der Waals surface area (Å²) >= 11 is 3.35. The Bertz CT molecular complexity index is 636. The van der Waals surface area contributed by atoms with Crippen LogP contribution >= 0.6 is 15.9 Å². The van der Waals surface area contributed by atoms with Crippen molar-refractivity contribution in [3.63, 3.8) is 0 Å². The number of nitrogens with one attached hydrogen (secondary N) is 1. The summed E-state index contributed by atoms with van der Waals surface area (Å²) in [5, 5.41) is 11.6. The molecule has 0 aliphatic carbocycles. The maximum atomic E-state index is 11.8. The van der Waals surface area contributed by atoms with E-state index in [-0.39, 0.29) is 11.5 Å². The third-order valence-corrected chi connectivity index (χ3v) is 3.50. The Hall–Kier alpha value is -2.14. The number of hydrogen-bond donors (Lipinski definition) is 2. The molecule has 0 aliphatic rings. The minimum Gasteiger partial charge on any atom is -0.478 e. The Kier molecular flexibility index (Phi) is 5.11. The SMILES string of the molecule is O=C(Cc1ccc(Br)cc1)NCc1ccc(C(=O)O)cc1. The number of hydrogen-bond acceptors (Lipinski definition) is 2. The van der Waals surface area contributed by atoms with Crippen LogP contribution in [0.2, 0.25) is 0 Å². The highest BCUT2D eigenvalue weighted by Crippen LogP contribution is 2.11. The van der Waals surface area contributed by atoms with Crippen molar-refractivity contribution in [3.05, 3.63) is 69.7 Å². The highest BCUT2D eigenvalue weighted by atomic mass is 79.9. The lowest BCUT2D eigenvalue weighted by molar-refractivity contribution is -0.120. The number of benzene rings is 2. The summed E-state index contributed by atoms with van der Waals surface area (Å²) in [6.07, 6.45) is 0.320. The molecule has 0 aromatic heterocycles. The molecule has 2 N–H and O–H groups in total. The lowest BCUT2D eigenvalue weighted by Gasteiger charge is -2.06. The summed E-state index contributed by atoms with van der Waals surface area (Å²) in [6.45, 7) is 0.384. The van der Waals surface area contributed by atoms with Gasteiger partial charge in [-0.3, -0.25) is 4.79 Å². The van der Waals surface area contributed by atoms with Crippen molar-refractivity contribution in [1.82, 2.24) is 5.32 Å². The molecular formula is C16H14BrNO3. The molecule has 0 radical (unpaired) electrons. The zero-order chi connectivity index (χ0) is 15.2. The molecule has 21 heavy (non-hydrogen) atoms. The van der Waals surface area contributed by atoms with E-state index < -0.39 is 5.97 Å². The summed E-state index contributed by atoms with van der Waals surface area (Å²) in [6, 6.07) is 14.0. The van der Waals surface area contributed by atoms with Gasteiger partial charge in [-0.25, -0.2) is 4.79 Å². The fraction of sp³-hybridized carbons (Fsp3) is 0.125. The van der Waals surface area contributed by atoms with E-state index >= 15 is 0 Å². The van der Waals surface area contributed by atoms with Crippen LogP contribution in [0.5, 0.6) is 0 Å². The van der Waals surface area contributed by atoms with Crippen LogP contribution in [0.25, 0.3) is 0 Å². The van der Waals surface area contributed by atoms with Crippen molar-refractivity contribution >= 4 is 27.8 Å².